The maximum Gasteiger partial charge on any atom is 0.490 e. The van der Waals surface area contributed by atoms with Crippen LogP contribution in [0.4, 0.5) is 39.5 Å². The van der Waals surface area contributed by atoms with Crippen LogP contribution in [0.2, 0.25) is 0 Å². The van der Waals surface area contributed by atoms with Crippen molar-refractivity contribution < 1.29 is 78.7 Å². The molecule has 2 aromatic heterocycles. The summed E-state index contributed by atoms with van der Waals surface area (Å²) < 4.78 is 102. The number of ether oxygens (including phenoxy) is 1. The number of methoxy groups -OCH3 is 1. The third-order valence-corrected chi connectivity index (χ3v) is 4.70. The minimum absolute atomic E-state index is 0.0193. The standard InChI is InChI=1S/C18H19N7O2.3C2HF3O2/c1-27-18(26)14(19)8-13-9-25(10-22-13)16-7-6-15(23-24-16)11-2-4-12(5-3-11)17(20)21;3*3-2(4,5)1(6)7/h2-7,9-10,14H,8,19H2,1H3,(H3,20,21);3*(H,6,7). The number of imidazole rings is 1. The summed E-state index contributed by atoms with van der Waals surface area (Å²) in [6.45, 7) is 0. The summed E-state index contributed by atoms with van der Waals surface area (Å²) in [6.07, 6.45) is -11.6. The van der Waals surface area contributed by atoms with Crippen molar-refractivity contribution in [1.29, 1.82) is 5.41 Å². The van der Waals surface area contributed by atoms with Crippen LogP contribution in [0, 0.1) is 5.41 Å². The molecule has 0 saturated heterocycles. The summed E-state index contributed by atoms with van der Waals surface area (Å²) in [5, 5.41) is 37.2. The number of nitrogens with two attached hydrogens (primary N) is 2. The van der Waals surface area contributed by atoms with Crippen LogP contribution in [0.25, 0.3) is 17.1 Å². The normalized spacial score (nSPS) is 11.6. The van der Waals surface area contributed by atoms with E-state index in [-0.39, 0.29) is 12.3 Å². The maximum atomic E-state index is 11.4. The van der Waals surface area contributed by atoms with E-state index in [1.165, 1.54) is 7.11 Å². The van der Waals surface area contributed by atoms with E-state index in [0.717, 1.165) is 5.56 Å². The molecule has 48 heavy (non-hydrogen) atoms. The maximum absolute atomic E-state index is 11.4. The molecule has 2 heterocycles. The van der Waals surface area contributed by atoms with E-state index in [4.69, 9.17) is 46.6 Å². The predicted octanol–water partition coefficient (Wildman–Crippen LogP) is 2.56. The third-order valence-electron chi connectivity index (χ3n) is 4.70. The number of benzene rings is 1. The van der Waals surface area contributed by atoms with Crippen molar-refractivity contribution in [3.8, 4) is 17.1 Å². The fourth-order valence-corrected chi connectivity index (χ4v) is 2.49. The van der Waals surface area contributed by atoms with Gasteiger partial charge < -0.3 is 31.5 Å². The second kappa shape index (κ2) is 17.8. The Morgan fingerprint density at radius 3 is 1.60 bits per heavy atom. The van der Waals surface area contributed by atoms with Crippen molar-refractivity contribution in [3.05, 3.63) is 60.2 Å². The van der Waals surface area contributed by atoms with Crippen molar-refractivity contribution >= 4 is 29.7 Å². The molecule has 8 N–H and O–H groups in total. The van der Waals surface area contributed by atoms with Crippen LogP contribution in [0.15, 0.2) is 48.9 Å². The largest absolute Gasteiger partial charge is 0.490 e. The molecule has 0 amide bonds. The van der Waals surface area contributed by atoms with Crippen LogP contribution in [0.5, 0.6) is 0 Å². The van der Waals surface area contributed by atoms with Crippen LogP contribution in [-0.4, -0.2) is 96.5 Å². The smallest absolute Gasteiger partial charge is 0.475 e. The molecule has 264 valence electrons. The van der Waals surface area contributed by atoms with Gasteiger partial charge in [0.2, 0.25) is 0 Å². The zero-order valence-electron chi connectivity index (χ0n) is 23.6. The second-order valence-corrected chi connectivity index (χ2v) is 8.28. The molecule has 3 aromatic rings. The van der Waals surface area contributed by atoms with Crippen molar-refractivity contribution in [3.63, 3.8) is 0 Å². The van der Waals surface area contributed by atoms with Gasteiger partial charge in [0.05, 0.1) is 18.5 Å². The Hall–Kier alpha value is -5.81. The van der Waals surface area contributed by atoms with E-state index >= 15 is 0 Å². The Morgan fingerprint density at radius 1 is 0.833 bits per heavy atom. The zero-order valence-corrected chi connectivity index (χ0v) is 23.6. The molecule has 3 rings (SSSR count). The van der Waals surface area contributed by atoms with Crippen molar-refractivity contribution in [1.82, 2.24) is 19.7 Å². The lowest BCUT2D eigenvalue weighted by atomic mass is 10.1. The molecule has 24 heteroatoms. The number of esters is 1. The number of hydrogen-bond donors (Lipinski definition) is 6. The number of carbonyl (C=O) groups is 4. The number of amidine groups is 1. The van der Waals surface area contributed by atoms with Crippen molar-refractivity contribution in [2.75, 3.05) is 7.11 Å². The van der Waals surface area contributed by atoms with E-state index in [9.17, 15) is 44.3 Å². The lowest BCUT2D eigenvalue weighted by molar-refractivity contribution is -0.193. The summed E-state index contributed by atoms with van der Waals surface area (Å²) >= 11 is 0. The number of nitrogens with one attached hydrogen (secondary N) is 1. The first-order valence-electron chi connectivity index (χ1n) is 11.9. The first-order valence-corrected chi connectivity index (χ1v) is 11.9. The quantitative estimate of drug-likeness (QED) is 0.0933. The minimum atomic E-state index is -5.08. The van der Waals surface area contributed by atoms with Gasteiger partial charge in [0.15, 0.2) is 5.82 Å². The number of nitrogens with zero attached hydrogens (tertiary/aromatic N) is 4. The zero-order chi connectivity index (χ0) is 37.6. The highest BCUT2D eigenvalue weighted by Gasteiger charge is 2.39. The topological polar surface area (TPSA) is 258 Å². The molecule has 1 atom stereocenters. The number of carboxylic acid groups (broad SMARTS) is 3. The highest BCUT2D eigenvalue weighted by Crippen LogP contribution is 2.18. The average Bonchev–Trinajstić information content (AvgIpc) is 3.44. The van der Waals surface area contributed by atoms with Crippen molar-refractivity contribution in [2.45, 2.75) is 31.0 Å². The Bertz CT molecular complexity index is 1480. The molecule has 1 unspecified atom stereocenters. The number of carbonyl (C=O) groups excluding carboxylic acids is 1. The molecule has 0 spiro atoms. The van der Waals surface area contributed by atoms with Gasteiger partial charge in [-0.1, -0.05) is 24.3 Å². The molecular formula is C24H22F9N7O8. The number of alkyl halides is 9. The highest BCUT2D eigenvalue weighted by atomic mass is 19.4. The Kier molecular flexibility index (Phi) is 15.6. The predicted molar refractivity (Wildman–Crippen MR) is 140 cm³/mol. The second-order valence-electron chi connectivity index (χ2n) is 8.28. The SMILES string of the molecule is COC(=O)C(N)Cc1cn(-c2ccc(-c3ccc(C(=N)N)cc3)nn2)cn1.O=C(O)C(F)(F)F.O=C(O)C(F)(F)F.O=C(O)C(F)(F)F. The summed E-state index contributed by atoms with van der Waals surface area (Å²) in [5.41, 5.74) is 14.1. The number of rotatable bonds is 6. The fraction of sp³-hybridized carbons (Fsp3) is 0.250. The Labute approximate surface area is 261 Å². The van der Waals surface area contributed by atoms with Crippen LogP contribution in [0.1, 0.15) is 11.3 Å². The van der Waals surface area contributed by atoms with Crippen LogP contribution in [0.3, 0.4) is 0 Å². The summed E-state index contributed by atoms with van der Waals surface area (Å²) in [5.74, 6) is -8.15. The van der Waals surface area contributed by atoms with E-state index < -0.39 is 48.4 Å². The molecule has 0 radical (unpaired) electrons. The van der Waals surface area contributed by atoms with Crippen LogP contribution < -0.4 is 11.5 Å². The number of halogens is 9. The van der Waals surface area contributed by atoms with Gasteiger partial charge in [0.1, 0.15) is 18.2 Å². The van der Waals surface area contributed by atoms with E-state index in [2.05, 4.69) is 19.9 Å². The van der Waals surface area contributed by atoms with Gasteiger partial charge in [-0.25, -0.2) is 19.4 Å². The summed E-state index contributed by atoms with van der Waals surface area (Å²) in [4.78, 5) is 42.3. The van der Waals surface area contributed by atoms with Gasteiger partial charge in [0, 0.05) is 23.7 Å². The van der Waals surface area contributed by atoms with Gasteiger partial charge in [-0.05, 0) is 12.1 Å². The van der Waals surface area contributed by atoms with E-state index in [0.29, 0.717) is 22.8 Å². The van der Waals surface area contributed by atoms with E-state index in [1.807, 2.05) is 24.3 Å². The lowest BCUT2D eigenvalue weighted by Crippen LogP contribution is -2.33. The number of nitrogen functional groups attached to an aromatic ring is 1. The number of aliphatic carboxylic acids is 3. The first kappa shape index (κ1) is 42.2. The molecule has 0 bridgehead atoms. The Balaban J connectivity index is 0.000000855. The van der Waals surface area contributed by atoms with Crippen LogP contribution >= 0.6 is 0 Å². The molecule has 0 aliphatic carbocycles. The number of hydrogen-bond acceptors (Lipinski definition) is 10. The third kappa shape index (κ3) is 15.5. The van der Waals surface area contributed by atoms with E-state index in [1.54, 1.807) is 29.2 Å². The fourth-order valence-electron chi connectivity index (χ4n) is 2.49. The minimum Gasteiger partial charge on any atom is -0.475 e. The molecule has 0 aliphatic rings. The van der Waals surface area contributed by atoms with Gasteiger partial charge in [-0.3, -0.25) is 14.8 Å². The highest BCUT2D eigenvalue weighted by molar-refractivity contribution is 5.95. The lowest BCUT2D eigenvalue weighted by Gasteiger charge is -2.06. The summed E-state index contributed by atoms with van der Waals surface area (Å²) in [6, 6.07) is 10.1. The monoisotopic (exact) mass is 707 g/mol. The molecule has 0 saturated carbocycles. The Morgan fingerprint density at radius 2 is 1.27 bits per heavy atom. The molecule has 0 aliphatic heterocycles. The van der Waals surface area contributed by atoms with Gasteiger partial charge in [-0.2, -0.15) is 39.5 Å². The van der Waals surface area contributed by atoms with Crippen molar-refractivity contribution in [2.24, 2.45) is 11.5 Å². The van der Waals surface area contributed by atoms with Gasteiger partial charge in [-0.15, -0.1) is 10.2 Å². The molecule has 15 nitrogen and oxygen atoms in total. The molecular weight excluding hydrogens is 685 g/mol. The van der Waals surface area contributed by atoms with Crippen LogP contribution in [-0.2, 0) is 30.3 Å². The molecule has 0 fully saturated rings. The number of carboxylic acids is 3. The number of aromatic nitrogens is 4. The molecule has 1 aromatic carbocycles. The average molecular weight is 707 g/mol. The summed E-state index contributed by atoms with van der Waals surface area (Å²) in [7, 11) is 1.30. The van der Waals surface area contributed by atoms with Gasteiger partial charge >= 0.3 is 42.4 Å². The first-order chi connectivity index (χ1) is 21.8. The van der Waals surface area contributed by atoms with Gasteiger partial charge in [0.25, 0.3) is 0 Å².